The smallest absolute Gasteiger partial charge is 0.244 e. The summed E-state index contributed by atoms with van der Waals surface area (Å²) in [5, 5.41) is 3.46. The molecule has 0 radical (unpaired) electrons. The SMILES string of the molecule is CCc1oc2ccccc2c1/C=C/C(=O)NC(C)C(N)=O. The van der Waals surface area contributed by atoms with Crippen LogP contribution >= 0.6 is 0 Å². The molecule has 5 heteroatoms. The van der Waals surface area contributed by atoms with Gasteiger partial charge in [-0.25, -0.2) is 0 Å². The number of fused-ring (bicyclic) bond motifs is 1. The molecule has 1 heterocycles. The van der Waals surface area contributed by atoms with E-state index in [0.29, 0.717) is 0 Å². The number of para-hydroxylation sites is 1. The van der Waals surface area contributed by atoms with Gasteiger partial charge in [0.1, 0.15) is 17.4 Å². The summed E-state index contributed by atoms with van der Waals surface area (Å²) in [7, 11) is 0. The zero-order chi connectivity index (χ0) is 15.4. The summed E-state index contributed by atoms with van der Waals surface area (Å²) >= 11 is 0. The minimum atomic E-state index is -0.700. The van der Waals surface area contributed by atoms with Crippen LogP contribution < -0.4 is 11.1 Å². The highest BCUT2D eigenvalue weighted by molar-refractivity contribution is 5.98. The average molecular weight is 286 g/mol. The Kier molecular flexibility index (Phi) is 4.42. The van der Waals surface area contributed by atoms with E-state index in [1.807, 2.05) is 31.2 Å². The van der Waals surface area contributed by atoms with Crippen LogP contribution in [0.4, 0.5) is 0 Å². The van der Waals surface area contributed by atoms with Crippen molar-refractivity contribution < 1.29 is 14.0 Å². The topological polar surface area (TPSA) is 85.3 Å². The highest BCUT2D eigenvalue weighted by Gasteiger charge is 2.12. The van der Waals surface area contributed by atoms with Crippen molar-refractivity contribution in [1.82, 2.24) is 5.32 Å². The number of carbonyl (C=O) groups is 2. The molecule has 0 aliphatic heterocycles. The van der Waals surface area contributed by atoms with Gasteiger partial charge in [0.05, 0.1) is 0 Å². The summed E-state index contributed by atoms with van der Waals surface area (Å²) in [6.07, 6.45) is 3.82. The molecule has 0 aliphatic rings. The van der Waals surface area contributed by atoms with Crippen molar-refractivity contribution in [2.75, 3.05) is 0 Å². The highest BCUT2D eigenvalue weighted by atomic mass is 16.3. The fourth-order valence-electron chi connectivity index (χ4n) is 2.05. The van der Waals surface area contributed by atoms with Gasteiger partial charge in [-0.15, -0.1) is 0 Å². The zero-order valence-electron chi connectivity index (χ0n) is 12.1. The molecule has 3 N–H and O–H groups in total. The van der Waals surface area contributed by atoms with Crippen LogP contribution in [0.2, 0.25) is 0 Å². The van der Waals surface area contributed by atoms with E-state index < -0.39 is 11.9 Å². The molecule has 0 saturated heterocycles. The van der Waals surface area contributed by atoms with Crippen molar-refractivity contribution >= 4 is 28.9 Å². The van der Waals surface area contributed by atoms with Crippen LogP contribution in [0.25, 0.3) is 17.0 Å². The number of nitrogens with one attached hydrogen (secondary N) is 1. The summed E-state index contributed by atoms with van der Waals surface area (Å²) in [4.78, 5) is 22.7. The first kappa shape index (κ1) is 14.8. The van der Waals surface area contributed by atoms with E-state index in [4.69, 9.17) is 10.2 Å². The predicted octanol–water partition coefficient (Wildman–Crippen LogP) is 2.00. The fraction of sp³-hybridized carbons (Fsp3) is 0.250. The molecular formula is C16H18N2O3. The van der Waals surface area contributed by atoms with E-state index in [1.165, 1.54) is 6.08 Å². The quantitative estimate of drug-likeness (QED) is 0.824. The molecule has 110 valence electrons. The van der Waals surface area contributed by atoms with E-state index in [1.54, 1.807) is 13.0 Å². The average Bonchev–Trinajstić information content (AvgIpc) is 2.82. The van der Waals surface area contributed by atoms with E-state index in [0.717, 1.165) is 28.7 Å². The molecule has 1 aromatic carbocycles. The number of furan rings is 1. The number of aryl methyl sites for hydroxylation is 1. The molecule has 21 heavy (non-hydrogen) atoms. The van der Waals surface area contributed by atoms with E-state index in [-0.39, 0.29) is 5.91 Å². The van der Waals surface area contributed by atoms with Crippen LogP contribution in [0.5, 0.6) is 0 Å². The second kappa shape index (κ2) is 6.26. The molecule has 2 rings (SSSR count). The van der Waals surface area contributed by atoms with Gasteiger partial charge in [0.2, 0.25) is 11.8 Å². The van der Waals surface area contributed by atoms with Gasteiger partial charge < -0.3 is 15.5 Å². The third kappa shape index (κ3) is 3.31. The van der Waals surface area contributed by atoms with Crippen molar-refractivity contribution in [3.8, 4) is 0 Å². The molecule has 1 atom stereocenters. The van der Waals surface area contributed by atoms with Gasteiger partial charge >= 0.3 is 0 Å². The first-order valence-electron chi connectivity index (χ1n) is 6.81. The molecule has 0 fully saturated rings. The predicted molar refractivity (Wildman–Crippen MR) is 81.4 cm³/mol. The highest BCUT2D eigenvalue weighted by Crippen LogP contribution is 2.27. The number of carbonyl (C=O) groups excluding carboxylic acids is 2. The Morgan fingerprint density at radius 2 is 2.10 bits per heavy atom. The van der Waals surface area contributed by atoms with Crippen molar-refractivity contribution in [2.24, 2.45) is 5.73 Å². The number of benzene rings is 1. The van der Waals surface area contributed by atoms with Crippen molar-refractivity contribution in [3.05, 3.63) is 41.7 Å². The molecule has 1 unspecified atom stereocenters. The van der Waals surface area contributed by atoms with Gasteiger partial charge in [0.15, 0.2) is 0 Å². The molecular weight excluding hydrogens is 268 g/mol. The van der Waals surface area contributed by atoms with Gasteiger partial charge in [-0.3, -0.25) is 9.59 Å². The summed E-state index contributed by atoms with van der Waals surface area (Å²) in [5.74, 6) is -0.114. The molecule has 5 nitrogen and oxygen atoms in total. The minimum Gasteiger partial charge on any atom is -0.460 e. The van der Waals surface area contributed by atoms with Crippen LogP contribution in [0.1, 0.15) is 25.2 Å². The van der Waals surface area contributed by atoms with Crippen LogP contribution in [0.3, 0.4) is 0 Å². The summed E-state index contributed by atoms with van der Waals surface area (Å²) in [6.45, 7) is 3.53. The molecule has 0 spiro atoms. The van der Waals surface area contributed by atoms with Crippen molar-refractivity contribution in [1.29, 1.82) is 0 Å². The Balaban J connectivity index is 2.24. The first-order valence-corrected chi connectivity index (χ1v) is 6.81. The van der Waals surface area contributed by atoms with Crippen LogP contribution in [-0.2, 0) is 16.0 Å². The number of hydrogen-bond donors (Lipinski definition) is 2. The van der Waals surface area contributed by atoms with Gasteiger partial charge in [-0.05, 0) is 19.1 Å². The second-order valence-corrected chi connectivity index (χ2v) is 4.75. The maximum atomic E-state index is 11.8. The zero-order valence-corrected chi connectivity index (χ0v) is 12.1. The van der Waals surface area contributed by atoms with Crippen LogP contribution in [0.15, 0.2) is 34.8 Å². The lowest BCUT2D eigenvalue weighted by Gasteiger charge is -2.07. The first-order chi connectivity index (χ1) is 10.0. The van der Waals surface area contributed by atoms with Gasteiger partial charge in [-0.1, -0.05) is 25.1 Å². The van der Waals surface area contributed by atoms with Crippen molar-refractivity contribution in [3.63, 3.8) is 0 Å². The maximum absolute atomic E-state index is 11.8. The monoisotopic (exact) mass is 286 g/mol. The number of hydrogen-bond acceptors (Lipinski definition) is 3. The molecule has 0 saturated carbocycles. The lowest BCUT2D eigenvalue weighted by molar-refractivity contribution is -0.124. The molecule has 0 bridgehead atoms. The van der Waals surface area contributed by atoms with Gasteiger partial charge in [0.25, 0.3) is 0 Å². The Morgan fingerprint density at radius 1 is 1.38 bits per heavy atom. The van der Waals surface area contributed by atoms with E-state index >= 15 is 0 Å². The summed E-state index contributed by atoms with van der Waals surface area (Å²) < 4.78 is 5.74. The van der Waals surface area contributed by atoms with Crippen LogP contribution in [-0.4, -0.2) is 17.9 Å². The summed E-state index contributed by atoms with van der Waals surface area (Å²) in [6, 6.07) is 6.96. The third-order valence-electron chi connectivity index (χ3n) is 3.22. The Labute approximate surface area is 122 Å². The third-order valence-corrected chi connectivity index (χ3v) is 3.22. The van der Waals surface area contributed by atoms with E-state index in [2.05, 4.69) is 5.32 Å². The number of nitrogens with two attached hydrogens (primary N) is 1. The molecule has 0 aliphatic carbocycles. The minimum absolute atomic E-state index is 0.367. The summed E-state index contributed by atoms with van der Waals surface area (Å²) in [5.41, 5.74) is 6.78. The second-order valence-electron chi connectivity index (χ2n) is 4.75. The standard InChI is InChI=1S/C16H18N2O3/c1-3-13-12(11-6-4-5-7-14(11)21-13)8-9-15(19)18-10(2)16(17)20/h4-10H,3H2,1-2H3,(H2,17,20)(H,18,19)/b9-8+. The molecule has 2 aromatic rings. The lowest BCUT2D eigenvalue weighted by Crippen LogP contribution is -2.41. The Morgan fingerprint density at radius 3 is 2.76 bits per heavy atom. The Hall–Kier alpha value is -2.56. The number of primary amides is 1. The van der Waals surface area contributed by atoms with E-state index in [9.17, 15) is 9.59 Å². The van der Waals surface area contributed by atoms with Crippen molar-refractivity contribution in [2.45, 2.75) is 26.3 Å². The Bertz CT molecular complexity index is 701. The number of rotatable bonds is 5. The maximum Gasteiger partial charge on any atom is 0.244 e. The van der Waals surface area contributed by atoms with Crippen LogP contribution in [0, 0.1) is 0 Å². The number of amides is 2. The molecule has 2 amide bonds. The van der Waals surface area contributed by atoms with Gasteiger partial charge in [-0.2, -0.15) is 0 Å². The molecule has 1 aromatic heterocycles. The fourth-order valence-corrected chi connectivity index (χ4v) is 2.05. The largest absolute Gasteiger partial charge is 0.460 e. The lowest BCUT2D eigenvalue weighted by atomic mass is 10.1. The van der Waals surface area contributed by atoms with Gasteiger partial charge in [0, 0.05) is 23.4 Å². The normalized spacial score (nSPS) is 12.7.